The lowest BCUT2D eigenvalue weighted by molar-refractivity contribution is -0.124. The molecule has 1 N–H and O–H groups in total. The molecule has 2 aromatic rings. The van der Waals surface area contributed by atoms with Gasteiger partial charge in [0.1, 0.15) is 35.3 Å². The van der Waals surface area contributed by atoms with E-state index in [0.29, 0.717) is 12.4 Å². The van der Waals surface area contributed by atoms with E-state index in [4.69, 9.17) is 9.47 Å². The number of carbonyl (C=O) groups is 2. The second-order valence-corrected chi connectivity index (χ2v) is 5.28. The molecule has 0 radical (unpaired) electrons. The fourth-order valence-electron chi connectivity index (χ4n) is 2.11. The Bertz CT molecular complexity index is 760. The Morgan fingerprint density at radius 1 is 0.963 bits per heavy atom. The van der Waals surface area contributed by atoms with Crippen molar-refractivity contribution in [3.05, 3.63) is 59.7 Å². The first-order chi connectivity index (χ1) is 13.0. The maximum Gasteiger partial charge on any atom is 0.344 e. The minimum absolute atomic E-state index is 0.164. The summed E-state index contributed by atoms with van der Waals surface area (Å²) < 4.78 is 42.2. The van der Waals surface area contributed by atoms with Gasteiger partial charge >= 0.3 is 5.97 Å². The molecule has 0 saturated carbocycles. The van der Waals surface area contributed by atoms with Crippen molar-refractivity contribution in [3.63, 3.8) is 0 Å². The Morgan fingerprint density at radius 3 is 2.15 bits per heavy atom. The summed E-state index contributed by atoms with van der Waals surface area (Å²) in [6.45, 7) is 2.15. The smallest absolute Gasteiger partial charge is 0.344 e. The van der Waals surface area contributed by atoms with Gasteiger partial charge in [0, 0.05) is 0 Å². The van der Waals surface area contributed by atoms with Crippen LogP contribution in [0.4, 0.5) is 8.78 Å². The normalized spacial score (nSPS) is 10.2. The highest BCUT2D eigenvalue weighted by Gasteiger charge is 2.19. The second kappa shape index (κ2) is 10.1. The van der Waals surface area contributed by atoms with Gasteiger partial charge in [0.25, 0.3) is 5.91 Å². The molecular weight excluding hydrogens is 360 g/mol. The summed E-state index contributed by atoms with van der Waals surface area (Å²) >= 11 is 0. The molecule has 0 aromatic heterocycles. The van der Waals surface area contributed by atoms with Crippen LogP contribution in [0.2, 0.25) is 0 Å². The van der Waals surface area contributed by atoms with Gasteiger partial charge in [-0.1, -0.05) is 6.07 Å². The SMILES string of the molecule is CCOc1ccc(OCCNC(=O)COC(=O)c2c(F)cccc2F)cc1. The van der Waals surface area contributed by atoms with Gasteiger partial charge in [-0.15, -0.1) is 0 Å². The number of benzene rings is 2. The van der Waals surface area contributed by atoms with Crippen LogP contribution in [0.5, 0.6) is 11.5 Å². The van der Waals surface area contributed by atoms with Gasteiger partial charge in [0.15, 0.2) is 6.61 Å². The standard InChI is InChI=1S/C19H19F2NO5/c1-2-25-13-6-8-14(9-7-13)26-11-10-22-17(23)12-27-19(24)18-15(20)4-3-5-16(18)21/h3-9H,2,10-12H2,1H3,(H,22,23). The summed E-state index contributed by atoms with van der Waals surface area (Å²) in [5.74, 6) is -2.63. The van der Waals surface area contributed by atoms with Crippen molar-refractivity contribution in [2.75, 3.05) is 26.4 Å². The third kappa shape index (κ3) is 6.25. The molecule has 6 nitrogen and oxygen atoms in total. The number of hydrogen-bond acceptors (Lipinski definition) is 5. The number of hydrogen-bond donors (Lipinski definition) is 1. The van der Waals surface area contributed by atoms with Gasteiger partial charge in [0.2, 0.25) is 0 Å². The number of rotatable bonds is 9. The summed E-state index contributed by atoms with van der Waals surface area (Å²) in [5, 5.41) is 2.47. The van der Waals surface area contributed by atoms with E-state index in [1.54, 1.807) is 24.3 Å². The van der Waals surface area contributed by atoms with E-state index in [0.717, 1.165) is 23.9 Å². The first-order valence-corrected chi connectivity index (χ1v) is 8.24. The molecule has 2 rings (SSSR count). The van der Waals surface area contributed by atoms with Crippen LogP contribution >= 0.6 is 0 Å². The zero-order chi connectivity index (χ0) is 19.6. The highest BCUT2D eigenvalue weighted by atomic mass is 19.1. The van der Waals surface area contributed by atoms with Crippen LogP contribution in [0.15, 0.2) is 42.5 Å². The second-order valence-electron chi connectivity index (χ2n) is 5.28. The third-order valence-electron chi connectivity index (χ3n) is 3.33. The minimum atomic E-state index is -1.24. The van der Waals surface area contributed by atoms with Gasteiger partial charge in [-0.2, -0.15) is 0 Å². The van der Waals surface area contributed by atoms with Gasteiger partial charge in [-0.25, -0.2) is 13.6 Å². The Balaban J connectivity index is 1.68. The third-order valence-corrected chi connectivity index (χ3v) is 3.33. The van der Waals surface area contributed by atoms with E-state index in [1.165, 1.54) is 0 Å². The number of carbonyl (C=O) groups excluding carboxylic acids is 2. The molecule has 0 bridgehead atoms. The number of esters is 1. The molecule has 0 spiro atoms. The maximum absolute atomic E-state index is 13.4. The van der Waals surface area contributed by atoms with Crippen molar-refractivity contribution in [1.82, 2.24) is 5.32 Å². The van der Waals surface area contributed by atoms with Gasteiger partial charge < -0.3 is 19.5 Å². The van der Waals surface area contributed by atoms with Crippen LogP contribution in [-0.2, 0) is 9.53 Å². The van der Waals surface area contributed by atoms with Crippen LogP contribution in [0.25, 0.3) is 0 Å². The molecule has 0 saturated heterocycles. The van der Waals surface area contributed by atoms with Crippen molar-refractivity contribution in [3.8, 4) is 11.5 Å². The summed E-state index contributed by atoms with van der Waals surface area (Å²) in [5.41, 5.74) is -0.830. The van der Waals surface area contributed by atoms with Gasteiger partial charge in [-0.3, -0.25) is 4.79 Å². The monoisotopic (exact) mass is 379 g/mol. The van der Waals surface area contributed by atoms with Crippen molar-refractivity contribution in [2.45, 2.75) is 6.92 Å². The zero-order valence-corrected chi connectivity index (χ0v) is 14.7. The zero-order valence-electron chi connectivity index (χ0n) is 14.7. The predicted molar refractivity (Wildman–Crippen MR) is 92.8 cm³/mol. The number of halogens is 2. The first kappa shape index (κ1) is 20.2. The molecule has 27 heavy (non-hydrogen) atoms. The number of amides is 1. The van der Waals surface area contributed by atoms with E-state index in [2.05, 4.69) is 10.1 Å². The molecule has 144 valence electrons. The Morgan fingerprint density at radius 2 is 1.56 bits per heavy atom. The fourth-order valence-corrected chi connectivity index (χ4v) is 2.11. The van der Waals surface area contributed by atoms with Crippen LogP contribution < -0.4 is 14.8 Å². The number of ether oxygens (including phenoxy) is 3. The summed E-state index contributed by atoms with van der Waals surface area (Å²) in [6.07, 6.45) is 0. The molecule has 0 fully saturated rings. The minimum Gasteiger partial charge on any atom is -0.494 e. The fraction of sp³-hybridized carbons (Fsp3) is 0.263. The lowest BCUT2D eigenvalue weighted by Crippen LogP contribution is -2.32. The van der Waals surface area contributed by atoms with E-state index < -0.39 is 35.7 Å². The molecular formula is C19H19F2NO5. The Labute approximate surface area is 155 Å². The van der Waals surface area contributed by atoms with Crippen LogP contribution in [0, 0.1) is 11.6 Å². The maximum atomic E-state index is 13.4. The highest BCUT2D eigenvalue weighted by molar-refractivity contribution is 5.91. The predicted octanol–water partition coefficient (Wildman–Crippen LogP) is 2.72. The molecule has 1 amide bonds. The average Bonchev–Trinajstić information content (AvgIpc) is 2.65. The van der Waals surface area contributed by atoms with Gasteiger partial charge in [-0.05, 0) is 43.3 Å². The molecule has 0 aliphatic rings. The van der Waals surface area contributed by atoms with Crippen LogP contribution in [0.1, 0.15) is 17.3 Å². The van der Waals surface area contributed by atoms with Crippen molar-refractivity contribution in [1.29, 1.82) is 0 Å². The average molecular weight is 379 g/mol. The summed E-state index contributed by atoms with van der Waals surface area (Å²) in [6, 6.07) is 9.97. The first-order valence-electron chi connectivity index (χ1n) is 8.24. The van der Waals surface area contributed by atoms with E-state index in [9.17, 15) is 18.4 Å². The summed E-state index contributed by atoms with van der Waals surface area (Å²) in [4.78, 5) is 23.3. The molecule has 0 unspecified atom stereocenters. The van der Waals surface area contributed by atoms with Crippen molar-refractivity contribution in [2.24, 2.45) is 0 Å². The molecule has 0 atom stereocenters. The lowest BCUT2D eigenvalue weighted by atomic mass is 10.2. The molecule has 2 aromatic carbocycles. The van der Waals surface area contributed by atoms with Crippen LogP contribution in [-0.4, -0.2) is 38.2 Å². The quantitative estimate of drug-likeness (QED) is 0.536. The summed E-state index contributed by atoms with van der Waals surface area (Å²) in [7, 11) is 0. The van der Waals surface area contributed by atoms with Crippen molar-refractivity contribution < 1.29 is 32.6 Å². The largest absolute Gasteiger partial charge is 0.494 e. The van der Waals surface area contributed by atoms with Gasteiger partial charge in [0.05, 0.1) is 13.2 Å². The topological polar surface area (TPSA) is 73.9 Å². The molecule has 0 heterocycles. The lowest BCUT2D eigenvalue weighted by Gasteiger charge is -2.09. The highest BCUT2D eigenvalue weighted by Crippen LogP contribution is 2.17. The number of nitrogens with one attached hydrogen (secondary N) is 1. The molecule has 8 heteroatoms. The molecule has 0 aliphatic carbocycles. The Hall–Kier alpha value is -3.16. The van der Waals surface area contributed by atoms with E-state index in [1.807, 2.05) is 6.92 Å². The van der Waals surface area contributed by atoms with Crippen LogP contribution in [0.3, 0.4) is 0 Å². The van der Waals surface area contributed by atoms with E-state index in [-0.39, 0.29) is 13.2 Å². The Kier molecular flexibility index (Phi) is 7.54. The molecule has 0 aliphatic heterocycles. The van der Waals surface area contributed by atoms with E-state index >= 15 is 0 Å². The van der Waals surface area contributed by atoms with Crippen molar-refractivity contribution >= 4 is 11.9 Å².